The van der Waals surface area contributed by atoms with Crippen LogP contribution in [-0.2, 0) is 13.0 Å². The summed E-state index contributed by atoms with van der Waals surface area (Å²) in [4.78, 5) is 18.0. The van der Waals surface area contributed by atoms with Gasteiger partial charge in [-0.3, -0.25) is 4.79 Å². The van der Waals surface area contributed by atoms with Gasteiger partial charge in [0, 0.05) is 20.9 Å². The molecule has 0 bridgehead atoms. The van der Waals surface area contributed by atoms with Crippen LogP contribution < -0.4 is 15.0 Å². The molecule has 0 aliphatic carbocycles. The van der Waals surface area contributed by atoms with Gasteiger partial charge in [-0.2, -0.15) is 9.78 Å². The van der Waals surface area contributed by atoms with Gasteiger partial charge in [0.15, 0.2) is 11.5 Å². The molecule has 0 atom stereocenters. The predicted octanol–water partition coefficient (Wildman–Crippen LogP) is 7.50. The molecule has 5 rings (SSSR count). The number of halogens is 2. The van der Waals surface area contributed by atoms with Crippen LogP contribution in [0.2, 0.25) is 0 Å². The molecule has 1 heterocycles. The van der Waals surface area contributed by atoms with Crippen LogP contribution in [0.25, 0.3) is 21.7 Å². The van der Waals surface area contributed by atoms with Crippen molar-refractivity contribution in [3.63, 3.8) is 0 Å². The number of aromatic nitrogens is 2. The topological polar surface area (TPSA) is 65.7 Å². The van der Waals surface area contributed by atoms with E-state index >= 15 is 0 Å². The summed E-state index contributed by atoms with van der Waals surface area (Å²) in [5.41, 5.74) is 2.27. The number of rotatable bonds is 8. The highest BCUT2D eigenvalue weighted by molar-refractivity contribution is 9.10. The Bertz CT molecular complexity index is 1730. The van der Waals surface area contributed by atoms with Crippen molar-refractivity contribution >= 4 is 59.7 Å². The van der Waals surface area contributed by atoms with E-state index in [0.29, 0.717) is 41.3 Å². The Labute approximate surface area is 237 Å². The fourth-order valence-electron chi connectivity index (χ4n) is 4.32. The van der Waals surface area contributed by atoms with Gasteiger partial charge in [-0.1, -0.05) is 65.3 Å². The van der Waals surface area contributed by atoms with Crippen LogP contribution in [0.15, 0.2) is 91.6 Å². The van der Waals surface area contributed by atoms with Gasteiger partial charge in [0.1, 0.15) is 12.4 Å². The lowest BCUT2D eigenvalue weighted by Crippen LogP contribution is -2.22. The predicted molar refractivity (Wildman–Crippen MR) is 160 cm³/mol. The molecule has 0 unspecified atom stereocenters. The lowest BCUT2D eigenvalue weighted by atomic mass is 10.1. The van der Waals surface area contributed by atoms with Gasteiger partial charge in [0.05, 0.1) is 24.2 Å². The van der Waals surface area contributed by atoms with Crippen LogP contribution >= 0.6 is 31.9 Å². The molecular formula is C30H25Br2N3O3. The maximum Gasteiger partial charge on any atom is 0.282 e. The summed E-state index contributed by atoms with van der Waals surface area (Å²) in [5.74, 6) is 1.78. The molecule has 0 aliphatic rings. The second kappa shape index (κ2) is 11.5. The minimum Gasteiger partial charge on any atom is -0.493 e. The number of ether oxygens (including phenoxy) is 2. The van der Waals surface area contributed by atoms with E-state index in [1.807, 2.05) is 49.4 Å². The minimum atomic E-state index is -0.214. The van der Waals surface area contributed by atoms with Gasteiger partial charge in [0.2, 0.25) is 0 Å². The van der Waals surface area contributed by atoms with E-state index in [0.717, 1.165) is 31.9 Å². The van der Waals surface area contributed by atoms with Crippen LogP contribution in [0.5, 0.6) is 11.5 Å². The summed E-state index contributed by atoms with van der Waals surface area (Å²) >= 11 is 7.07. The first-order valence-electron chi connectivity index (χ1n) is 12.2. The van der Waals surface area contributed by atoms with E-state index < -0.39 is 0 Å². The molecule has 0 aliphatic heterocycles. The molecule has 0 saturated heterocycles. The summed E-state index contributed by atoms with van der Waals surface area (Å²) in [6.07, 6.45) is 3.10. The second-order valence-corrected chi connectivity index (χ2v) is 10.5. The summed E-state index contributed by atoms with van der Waals surface area (Å²) in [6, 6.07) is 23.6. The quantitative estimate of drug-likeness (QED) is 0.166. The standard InChI is InChI=1S/C30H25Br2N3O3/c1-3-7-29-34-26-13-12-22(31)15-24(26)30(36)35(29)33-17-21-14-27(37-2)28(16-25(21)32)38-18-20-10-6-9-19-8-4-5-11-23(19)20/h4-6,8-17H,3,7,18H2,1-2H3. The van der Waals surface area contributed by atoms with Crippen molar-refractivity contribution in [1.29, 1.82) is 0 Å². The normalized spacial score (nSPS) is 11.5. The fraction of sp³-hybridized carbons (Fsp3) is 0.167. The Morgan fingerprint density at radius 3 is 2.61 bits per heavy atom. The summed E-state index contributed by atoms with van der Waals surface area (Å²) < 4.78 is 14.8. The maximum absolute atomic E-state index is 13.3. The van der Waals surface area contributed by atoms with Crippen molar-refractivity contribution in [2.75, 3.05) is 7.11 Å². The number of benzene rings is 4. The van der Waals surface area contributed by atoms with Crippen molar-refractivity contribution in [2.24, 2.45) is 5.10 Å². The molecule has 1 aromatic heterocycles. The molecule has 4 aromatic carbocycles. The zero-order valence-corrected chi connectivity index (χ0v) is 24.1. The Morgan fingerprint density at radius 1 is 0.974 bits per heavy atom. The van der Waals surface area contributed by atoms with Gasteiger partial charge >= 0.3 is 0 Å². The molecular weight excluding hydrogens is 610 g/mol. The van der Waals surface area contributed by atoms with Crippen molar-refractivity contribution in [3.05, 3.63) is 109 Å². The highest BCUT2D eigenvalue weighted by atomic mass is 79.9. The third-order valence-corrected chi connectivity index (χ3v) is 7.39. The highest BCUT2D eigenvalue weighted by Crippen LogP contribution is 2.34. The first-order valence-corrected chi connectivity index (χ1v) is 13.8. The van der Waals surface area contributed by atoms with Crippen molar-refractivity contribution < 1.29 is 9.47 Å². The van der Waals surface area contributed by atoms with E-state index in [9.17, 15) is 4.79 Å². The van der Waals surface area contributed by atoms with Gasteiger partial charge in [-0.05, 0) is 69.0 Å². The zero-order chi connectivity index (χ0) is 26.6. The van der Waals surface area contributed by atoms with E-state index in [4.69, 9.17) is 14.5 Å². The Balaban J connectivity index is 1.47. The average Bonchev–Trinajstić information content (AvgIpc) is 2.93. The highest BCUT2D eigenvalue weighted by Gasteiger charge is 2.13. The first-order chi connectivity index (χ1) is 18.5. The number of aryl methyl sites for hydroxylation is 1. The molecule has 8 heteroatoms. The molecule has 5 aromatic rings. The van der Waals surface area contributed by atoms with Crippen molar-refractivity contribution in [3.8, 4) is 11.5 Å². The number of hydrogen-bond donors (Lipinski definition) is 0. The number of fused-ring (bicyclic) bond motifs is 2. The summed E-state index contributed by atoms with van der Waals surface area (Å²) in [6.45, 7) is 2.44. The molecule has 6 nitrogen and oxygen atoms in total. The Morgan fingerprint density at radius 2 is 1.79 bits per heavy atom. The molecule has 0 saturated carbocycles. The van der Waals surface area contributed by atoms with Crippen LogP contribution in [-0.4, -0.2) is 23.0 Å². The Hall–Kier alpha value is -3.49. The third kappa shape index (κ3) is 5.37. The van der Waals surface area contributed by atoms with Gasteiger partial charge in [0.25, 0.3) is 5.56 Å². The number of nitrogens with zero attached hydrogens (tertiary/aromatic N) is 3. The fourth-order valence-corrected chi connectivity index (χ4v) is 5.10. The smallest absolute Gasteiger partial charge is 0.282 e. The van der Waals surface area contributed by atoms with Crippen LogP contribution in [0.4, 0.5) is 0 Å². The van der Waals surface area contributed by atoms with Crippen molar-refractivity contribution in [2.45, 2.75) is 26.4 Å². The summed E-state index contributed by atoms with van der Waals surface area (Å²) in [5, 5.41) is 7.37. The maximum atomic E-state index is 13.3. The Kier molecular flexibility index (Phi) is 7.90. The average molecular weight is 635 g/mol. The third-order valence-electron chi connectivity index (χ3n) is 6.21. The van der Waals surface area contributed by atoms with Gasteiger partial charge in [-0.25, -0.2) is 4.98 Å². The molecule has 38 heavy (non-hydrogen) atoms. The van der Waals surface area contributed by atoms with E-state index in [2.05, 4.69) is 61.2 Å². The van der Waals surface area contributed by atoms with Gasteiger partial charge < -0.3 is 9.47 Å². The monoisotopic (exact) mass is 633 g/mol. The molecule has 0 fully saturated rings. The largest absolute Gasteiger partial charge is 0.493 e. The SMILES string of the molecule is CCCc1nc2ccc(Br)cc2c(=O)n1N=Cc1cc(OC)c(OCc2cccc3ccccc23)cc1Br. The lowest BCUT2D eigenvalue weighted by molar-refractivity contribution is 0.285. The van der Waals surface area contributed by atoms with E-state index in [1.165, 1.54) is 10.1 Å². The van der Waals surface area contributed by atoms with Gasteiger partial charge in [-0.15, -0.1) is 0 Å². The molecule has 0 radical (unpaired) electrons. The van der Waals surface area contributed by atoms with Crippen LogP contribution in [0, 0.1) is 0 Å². The minimum absolute atomic E-state index is 0.214. The van der Waals surface area contributed by atoms with E-state index in [-0.39, 0.29) is 5.56 Å². The summed E-state index contributed by atoms with van der Waals surface area (Å²) in [7, 11) is 1.60. The van der Waals surface area contributed by atoms with E-state index in [1.54, 1.807) is 19.4 Å². The van der Waals surface area contributed by atoms with Crippen LogP contribution in [0.3, 0.4) is 0 Å². The second-order valence-electron chi connectivity index (χ2n) is 8.75. The molecule has 0 N–H and O–H groups in total. The lowest BCUT2D eigenvalue weighted by Gasteiger charge is -2.14. The number of methoxy groups -OCH3 is 1. The van der Waals surface area contributed by atoms with Crippen LogP contribution in [0.1, 0.15) is 30.3 Å². The zero-order valence-electron chi connectivity index (χ0n) is 20.9. The molecule has 0 amide bonds. The number of hydrogen-bond acceptors (Lipinski definition) is 5. The molecule has 0 spiro atoms. The first kappa shape index (κ1) is 26.1. The molecule has 192 valence electrons. The van der Waals surface area contributed by atoms with Crippen molar-refractivity contribution in [1.82, 2.24) is 9.66 Å².